The topological polar surface area (TPSA) is 56.6 Å². The van der Waals surface area contributed by atoms with Crippen LogP contribution in [0.3, 0.4) is 0 Å². The van der Waals surface area contributed by atoms with Gasteiger partial charge in [0.05, 0.1) is 32.1 Å². The van der Waals surface area contributed by atoms with Gasteiger partial charge >= 0.3 is 0 Å². The summed E-state index contributed by atoms with van der Waals surface area (Å²) < 4.78 is 6.34. The van der Waals surface area contributed by atoms with Crippen LogP contribution in [0.25, 0.3) is 0 Å². The highest BCUT2D eigenvalue weighted by Crippen LogP contribution is 2.12. The van der Waals surface area contributed by atoms with Crippen LogP contribution < -0.4 is 0 Å². The minimum Gasteiger partial charge on any atom is -0.379 e. The first-order chi connectivity index (χ1) is 11.2. The molecule has 1 amide bonds. The van der Waals surface area contributed by atoms with Crippen LogP contribution >= 0.6 is 15.9 Å². The van der Waals surface area contributed by atoms with Gasteiger partial charge in [-0.1, -0.05) is 28.1 Å². The van der Waals surface area contributed by atoms with Crippen molar-refractivity contribution in [2.45, 2.75) is 12.8 Å². The molecule has 0 spiro atoms. The van der Waals surface area contributed by atoms with E-state index < -0.39 is 0 Å². The summed E-state index contributed by atoms with van der Waals surface area (Å²) in [5.41, 5.74) is 0.992. The molecular formula is C17H22BrN3O2. The second-order valence-electron chi connectivity index (χ2n) is 5.55. The molecule has 0 atom stereocenters. The third-order valence-corrected chi connectivity index (χ3v) is 4.43. The summed E-state index contributed by atoms with van der Waals surface area (Å²) in [5.74, 6) is 0.0795. The Bertz CT molecular complexity index is 536. The maximum atomic E-state index is 12.5. The van der Waals surface area contributed by atoms with Crippen LogP contribution in [0.1, 0.15) is 12.0 Å². The van der Waals surface area contributed by atoms with Crippen molar-refractivity contribution in [3.63, 3.8) is 0 Å². The molecule has 1 aliphatic rings. The van der Waals surface area contributed by atoms with Gasteiger partial charge in [-0.15, -0.1) is 0 Å². The van der Waals surface area contributed by atoms with Crippen molar-refractivity contribution < 1.29 is 9.53 Å². The highest BCUT2D eigenvalue weighted by molar-refractivity contribution is 9.10. The van der Waals surface area contributed by atoms with Crippen LogP contribution in [0.2, 0.25) is 0 Å². The fraction of sp³-hybridized carbons (Fsp3) is 0.529. The van der Waals surface area contributed by atoms with Gasteiger partial charge in [-0.3, -0.25) is 9.69 Å². The van der Waals surface area contributed by atoms with Gasteiger partial charge in [0.25, 0.3) is 0 Å². The number of carbonyl (C=O) groups is 1. The van der Waals surface area contributed by atoms with Crippen molar-refractivity contribution >= 4 is 21.8 Å². The molecule has 0 aliphatic carbocycles. The lowest BCUT2D eigenvalue weighted by molar-refractivity contribution is -0.130. The average molecular weight is 380 g/mol. The predicted molar refractivity (Wildman–Crippen MR) is 91.9 cm³/mol. The van der Waals surface area contributed by atoms with E-state index in [1.807, 2.05) is 24.3 Å². The molecule has 0 radical (unpaired) electrons. The number of rotatable bonds is 7. The Morgan fingerprint density at radius 2 is 1.96 bits per heavy atom. The Morgan fingerprint density at radius 1 is 1.26 bits per heavy atom. The van der Waals surface area contributed by atoms with Gasteiger partial charge in [0, 0.05) is 37.2 Å². The minimum absolute atomic E-state index is 0.0795. The van der Waals surface area contributed by atoms with Crippen molar-refractivity contribution in [2.75, 3.05) is 45.9 Å². The first-order valence-electron chi connectivity index (χ1n) is 7.88. The van der Waals surface area contributed by atoms with E-state index >= 15 is 0 Å². The molecular weight excluding hydrogens is 358 g/mol. The molecule has 0 aromatic heterocycles. The van der Waals surface area contributed by atoms with Crippen LogP contribution in [0.5, 0.6) is 0 Å². The van der Waals surface area contributed by atoms with E-state index in [0.29, 0.717) is 25.9 Å². The number of halogens is 1. The van der Waals surface area contributed by atoms with Crippen molar-refractivity contribution in [3.05, 3.63) is 34.3 Å². The predicted octanol–water partition coefficient (Wildman–Crippen LogP) is 2.07. The number of hydrogen-bond donors (Lipinski definition) is 0. The Balaban J connectivity index is 1.88. The molecule has 5 nitrogen and oxygen atoms in total. The first kappa shape index (κ1) is 17.9. The summed E-state index contributed by atoms with van der Waals surface area (Å²) in [5, 5.41) is 8.81. The molecule has 1 aliphatic heterocycles. The van der Waals surface area contributed by atoms with Gasteiger partial charge < -0.3 is 9.64 Å². The summed E-state index contributed by atoms with van der Waals surface area (Å²) in [6.45, 7) is 5.32. The molecule has 23 heavy (non-hydrogen) atoms. The van der Waals surface area contributed by atoms with Crippen molar-refractivity contribution in [2.24, 2.45) is 0 Å². The Morgan fingerprint density at radius 3 is 2.61 bits per heavy atom. The molecule has 1 saturated heterocycles. The molecule has 1 aromatic carbocycles. The Labute approximate surface area is 145 Å². The number of benzene rings is 1. The molecule has 0 saturated carbocycles. The fourth-order valence-corrected chi connectivity index (χ4v) is 2.79. The molecule has 6 heteroatoms. The van der Waals surface area contributed by atoms with E-state index in [0.717, 1.165) is 42.9 Å². The smallest absolute Gasteiger partial charge is 0.227 e. The number of nitriles is 1. The Hall–Kier alpha value is -1.42. The standard InChI is InChI=1S/C17H22BrN3O2/c18-16-4-2-15(3-5-16)14-17(22)21(7-1-6-19)9-8-20-10-12-23-13-11-20/h2-5H,1,7-14H2. The molecule has 1 heterocycles. The lowest BCUT2D eigenvalue weighted by Gasteiger charge is -2.30. The highest BCUT2D eigenvalue weighted by atomic mass is 79.9. The normalized spacial score (nSPS) is 15.1. The number of nitrogens with zero attached hydrogens (tertiary/aromatic N) is 3. The third-order valence-electron chi connectivity index (χ3n) is 3.90. The second-order valence-corrected chi connectivity index (χ2v) is 6.46. The van der Waals surface area contributed by atoms with Gasteiger partial charge in [0.1, 0.15) is 0 Å². The number of ether oxygens (including phenoxy) is 1. The molecule has 2 rings (SSSR count). The highest BCUT2D eigenvalue weighted by Gasteiger charge is 2.16. The fourth-order valence-electron chi connectivity index (χ4n) is 2.52. The molecule has 1 fully saturated rings. The maximum absolute atomic E-state index is 12.5. The van der Waals surface area contributed by atoms with E-state index in [4.69, 9.17) is 10.00 Å². The number of amides is 1. The van der Waals surface area contributed by atoms with Crippen LogP contribution in [0, 0.1) is 11.3 Å². The molecule has 0 bridgehead atoms. The van der Waals surface area contributed by atoms with Crippen LogP contribution in [-0.2, 0) is 16.0 Å². The number of hydrogen-bond acceptors (Lipinski definition) is 4. The van der Waals surface area contributed by atoms with Gasteiger partial charge in [-0.25, -0.2) is 0 Å². The van der Waals surface area contributed by atoms with Crippen LogP contribution in [0.4, 0.5) is 0 Å². The van der Waals surface area contributed by atoms with Gasteiger partial charge in [0.2, 0.25) is 5.91 Å². The zero-order valence-electron chi connectivity index (χ0n) is 13.2. The first-order valence-corrected chi connectivity index (χ1v) is 8.67. The maximum Gasteiger partial charge on any atom is 0.227 e. The van der Waals surface area contributed by atoms with Gasteiger partial charge in [-0.05, 0) is 17.7 Å². The van der Waals surface area contributed by atoms with E-state index in [2.05, 4.69) is 26.9 Å². The van der Waals surface area contributed by atoms with Crippen molar-refractivity contribution in [3.8, 4) is 6.07 Å². The summed E-state index contributed by atoms with van der Waals surface area (Å²) in [7, 11) is 0. The second kappa shape index (κ2) is 9.66. The van der Waals surface area contributed by atoms with E-state index in [9.17, 15) is 4.79 Å². The number of morpholine rings is 1. The van der Waals surface area contributed by atoms with E-state index in [1.165, 1.54) is 0 Å². The zero-order valence-corrected chi connectivity index (χ0v) is 14.8. The lowest BCUT2D eigenvalue weighted by atomic mass is 10.1. The minimum atomic E-state index is 0.0795. The van der Waals surface area contributed by atoms with E-state index in [-0.39, 0.29) is 5.91 Å². The molecule has 124 valence electrons. The lowest BCUT2D eigenvalue weighted by Crippen LogP contribution is -2.43. The summed E-state index contributed by atoms with van der Waals surface area (Å²) in [4.78, 5) is 16.6. The Kier molecular flexibility index (Phi) is 7.53. The average Bonchev–Trinajstić information content (AvgIpc) is 2.58. The number of carbonyl (C=O) groups excluding carboxylic acids is 1. The molecule has 1 aromatic rings. The summed E-state index contributed by atoms with van der Waals surface area (Å²) in [6.07, 6.45) is 0.747. The molecule has 0 N–H and O–H groups in total. The van der Waals surface area contributed by atoms with Crippen molar-refractivity contribution in [1.82, 2.24) is 9.80 Å². The van der Waals surface area contributed by atoms with Crippen LogP contribution in [-0.4, -0.2) is 61.6 Å². The monoisotopic (exact) mass is 379 g/mol. The summed E-state index contributed by atoms with van der Waals surface area (Å²) in [6, 6.07) is 9.91. The van der Waals surface area contributed by atoms with Crippen molar-refractivity contribution in [1.29, 1.82) is 5.26 Å². The SMILES string of the molecule is N#CCCN(CCN1CCOCC1)C(=O)Cc1ccc(Br)cc1. The van der Waals surface area contributed by atoms with Crippen LogP contribution in [0.15, 0.2) is 28.7 Å². The summed E-state index contributed by atoms with van der Waals surface area (Å²) >= 11 is 3.40. The molecule has 0 unspecified atom stereocenters. The quantitative estimate of drug-likeness (QED) is 0.727. The zero-order chi connectivity index (χ0) is 16.5. The van der Waals surface area contributed by atoms with E-state index in [1.54, 1.807) is 4.90 Å². The third kappa shape index (κ3) is 6.30. The largest absolute Gasteiger partial charge is 0.379 e. The van der Waals surface area contributed by atoms with Gasteiger partial charge in [-0.2, -0.15) is 5.26 Å². The van der Waals surface area contributed by atoms with Gasteiger partial charge in [0.15, 0.2) is 0 Å².